The summed E-state index contributed by atoms with van der Waals surface area (Å²) in [4.78, 5) is 3.95. The Morgan fingerprint density at radius 2 is 2.35 bits per heavy atom. The highest BCUT2D eigenvalue weighted by Crippen LogP contribution is 1.86. The van der Waals surface area contributed by atoms with Gasteiger partial charge in [-0.1, -0.05) is 0 Å². The first-order chi connectivity index (χ1) is 8.33. The fourth-order valence-electron chi connectivity index (χ4n) is 1.32. The summed E-state index contributed by atoms with van der Waals surface area (Å²) >= 11 is 0. The lowest BCUT2D eigenvalue weighted by Crippen LogP contribution is -2.32. The van der Waals surface area contributed by atoms with Crippen LogP contribution in [0.1, 0.15) is 0 Å². The summed E-state index contributed by atoms with van der Waals surface area (Å²) < 4.78 is 12.0. The summed E-state index contributed by atoms with van der Waals surface area (Å²) in [5, 5.41) is 12.7. The lowest BCUT2D eigenvalue weighted by atomic mass is 10.4. The number of aliphatic hydroxyl groups excluding tert-OH is 1. The van der Waals surface area contributed by atoms with Crippen molar-refractivity contribution in [2.75, 3.05) is 40.0 Å². The summed E-state index contributed by atoms with van der Waals surface area (Å²) in [5.74, 6) is 0. The number of methoxy groups -OCH3 is 1. The van der Waals surface area contributed by atoms with Gasteiger partial charge < -0.3 is 24.5 Å². The summed E-state index contributed by atoms with van der Waals surface area (Å²) in [6, 6.07) is 0. The summed E-state index contributed by atoms with van der Waals surface area (Å²) in [6.07, 6.45) is 4.95. The van der Waals surface area contributed by atoms with Gasteiger partial charge in [0.25, 0.3) is 0 Å². The van der Waals surface area contributed by atoms with E-state index in [9.17, 15) is 5.11 Å². The standard InChI is InChI=1S/C11H21N3O3/c1-16-6-7-17-9-11(15)8-12-2-4-14-5-3-13-10-14/h3,5,10-12,15H,2,4,6-9H2,1H3. The van der Waals surface area contributed by atoms with Gasteiger partial charge in [0.1, 0.15) is 0 Å². The number of imidazole rings is 1. The number of hydrogen-bond acceptors (Lipinski definition) is 5. The molecule has 0 fully saturated rings. The van der Waals surface area contributed by atoms with Gasteiger partial charge in [0, 0.05) is 39.1 Å². The first-order valence-corrected chi connectivity index (χ1v) is 5.74. The lowest BCUT2D eigenvalue weighted by molar-refractivity contribution is 0.0138. The Morgan fingerprint density at radius 3 is 3.06 bits per heavy atom. The average molecular weight is 243 g/mol. The fourth-order valence-corrected chi connectivity index (χ4v) is 1.32. The van der Waals surface area contributed by atoms with Crippen LogP contribution in [0.25, 0.3) is 0 Å². The summed E-state index contributed by atoms with van der Waals surface area (Å²) in [5.41, 5.74) is 0. The first kappa shape index (κ1) is 14.1. The van der Waals surface area contributed by atoms with Gasteiger partial charge in [0.2, 0.25) is 0 Å². The third-order valence-electron chi connectivity index (χ3n) is 2.23. The second kappa shape index (κ2) is 9.12. The highest BCUT2D eigenvalue weighted by atomic mass is 16.5. The first-order valence-electron chi connectivity index (χ1n) is 5.74. The molecule has 1 unspecified atom stereocenters. The van der Waals surface area contributed by atoms with Crippen LogP contribution in [0.4, 0.5) is 0 Å². The van der Waals surface area contributed by atoms with Gasteiger partial charge in [-0.3, -0.25) is 0 Å². The molecule has 98 valence electrons. The zero-order valence-electron chi connectivity index (χ0n) is 10.2. The molecule has 1 rings (SSSR count). The van der Waals surface area contributed by atoms with Crippen LogP contribution in [0, 0.1) is 0 Å². The van der Waals surface area contributed by atoms with Crippen molar-refractivity contribution in [3.05, 3.63) is 18.7 Å². The van der Waals surface area contributed by atoms with E-state index in [-0.39, 0.29) is 0 Å². The molecule has 0 saturated heterocycles. The van der Waals surface area contributed by atoms with Crippen molar-refractivity contribution in [1.29, 1.82) is 0 Å². The van der Waals surface area contributed by atoms with Crippen LogP contribution in [0.15, 0.2) is 18.7 Å². The van der Waals surface area contributed by atoms with Gasteiger partial charge in [-0.2, -0.15) is 0 Å². The minimum atomic E-state index is -0.477. The molecule has 17 heavy (non-hydrogen) atoms. The molecule has 0 saturated carbocycles. The van der Waals surface area contributed by atoms with Gasteiger partial charge in [-0.05, 0) is 0 Å². The second-order valence-corrected chi connectivity index (χ2v) is 3.73. The van der Waals surface area contributed by atoms with Gasteiger partial charge in [-0.15, -0.1) is 0 Å². The maximum atomic E-state index is 9.56. The molecule has 0 aliphatic rings. The third kappa shape index (κ3) is 7.06. The number of rotatable bonds is 10. The molecule has 0 amide bonds. The smallest absolute Gasteiger partial charge is 0.0946 e. The molecule has 2 N–H and O–H groups in total. The minimum absolute atomic E-state index is 0.335. The monoisotopic (exact) mass is 243 g/mol. The van der Waals surface area contributed by atoms with Gasteiger partial charge in [-0.25, -0.2) is 4.98 Å². The van der Waals surface area contributed by atoms with Crippen LogP contribution >= 0.6 is 0 Å². The molecule has 1 aromatic heterocycles. The molecule has 6 nitrogen and oxygen atoms in total. The molecule has 1 aromatic rings. The Hall–Kier alpha value is -0.950. The number of ether oxygens (including phenoxy) is 2. The van der Waals surface area contributed by atoms with E-state index in [0.717, 1.165) is 13.1 Å². The zero-order chi connectivity index (χ0) is 12.3. The molecular formula is C11H21N3O3. The van der Waals surface area contributed by atoms with Crippen molar-refractivity contribution < 1.29 is 14.6 Å². The lowest BCUT2D eigenvalue weighted by Gasteiger charge is -2.12. The van der Waals surface area contributed by atoms with Crippen molar-refractivity contribution >= 4 is 0 Å². The number of hydrogen-bond donors (Lipinski definition) is 2. The van der Waals surface area contributed by atoms with Crippen LogP contribution in [-0.2, 0) is 16.0 Å². The summed E-state index contributed by atoms with van der Waals surface area (Å²) in [6.45, 7) is 3.58. The van der Waals surface area contributed by atoms with Gasteiger partial charge in [0.05, 0.1) is 32.3 Å². The molecule has 6 heteroatoms. The number of aliphatic hydroxyl groups is 1. The van der Waals surface area contributed by atoms with Crippen LogP contribution < -0.4 is 5.32 Å². The van der Waals surface area contributed by atoms with Crippen LogP contribution in [-0.4, -0.2) is 60.8 Å². The van der Waals surface area contributed by atoms with E-state index in [4.69, 9.17) is 9.47 Å². The van der Waals surface area contributed by atoms with E-state index in [0.29, 0.717) is 26.4 Å². The molecule has 0 spiro atoms. The van der Waals surface area contributed by atoms with Crippen molar-refractivity contribution in [3.63, 3.8) is 0 Å². The molecule has 1 atom stereocenters. The molecular weight excluding hydrogens is 222 g/mol. The molecule has 0 aromatic carbocycles. The molecule has 0 aliphatic carbocycles. The van der Waals surface area contributed by atoms with Gasteiger partial charge >= 0.3 is 0 Å². The van der Waals surface area contributed by atoms with E-state index in [1.807, 2.05) is 10.8 Å². The zero-order valence-corrected chi connectivity index (χ0v) is 10.2. The predicted octanol–water partition coefficient (Wildman–Crippen LogP) is -0.503. The highest BCUT2D eigenvalue weighted by Gasteiger charge is 2.03. The topological polar surface area (TPSA) is 68.5 Å². The number of nitrogens with zero attached hydrogens (tertiary/aromatic N) is 2. The predicted molar refractivity (Wildman–Crippen MR) is 63.8 cm³/mol. The van der Waals surface area contributed by atoms with E-state index in [1.165, 1.54) is 0 Å². The normalized spacial score (nSPS) is 12.8. The van der Waals surface area contributed by atoms with E-state index >= 15 is 0 Å². The van der Waals surface area contributed by atoms with Crippen LogP contribution in [0.3, 0.4) is 0 Å². The number of aromatic nitrogens is 2. The van der Waals surface area contributed by atoms with Crippen LogP contribution in [0.5, 0.6) is 0 Å². The van der Waals surface area contributed by atoms with E-state index in [2.05, 4.69) is 10.3 Å². The molecule has 0 radical (unpaired) electrons. The van der Waals surface area contributed by atoms with Crippen molar-refractivity contribution in [2.45, 2.75) is 12.6 Å². The maximum Gasteiger partial charge on any atom is 0.0946 e. The Kier molecular flexibility index (Phi) is 7.57. The Labute approximate surface area is 102 Å². The highest BCUT2D eigenvalue weighted by molar-refractivity contribution is 4.74. The molecule has 0 bridgehead atoms. The van der Waals surface area contributed by atoms with E-state index in [1.54, 1.807) is 19.6 Å². The minimum Gasteiger partial charge on any atom is -0.389 e. The quantitative estimate of drug-likeness (QED) is 0.542. The largest absolute Gasteiger partial charge is 0.389 e. The maximum absolute atomic E-state index is 9.56. The van der Waals surface area contributed by atoms with Crippen molar-refractivity contribution in [2.24, 2.45) is 0 Å². The Bertz CT molecular complexity index is 267. The third-order valence-corrected chi connectivity index (χ3v) is 2.23. The van der Waals surface area contributed by atoms with Crippen molar-refractivity contribution in [1.82, 2.24) is 14.9 Å². The molecule has 0 aliphatic heterocycles. The second-order valence-electron chi connectivity index (χ2n) is 3.73. The number of nitrogens with one attached hydrogen (secondary N) is 1. The Balaban J connectivity index is 1.91. The van der Waals surface area contributed by atoms with Crippen LogP contribution in [0.2, 0.25) is 0 Å². The fraction of sp³-hybridized carbons (Fsp3) is 0.727. The SMILES string of the molecule is COCCOCC(O)CNCCn1ccnc1. The summed E-state index contributed by atoms with van der Waals surface area (Å²) in [7, 11) is 1.62. The Morgan fingerprint density at radius 1 is 1.47 bits per heavy atom. The van der Waals surface area contributed by atoms with E-state index < -0.39 is 6.10 Å². The average Bonchev–Trinajstić information content (AvgIpc) is 2.83. The molecule has 1 heterocycles. The van der Waals surface area contributed by atoms with Crippen molar-refractivity contribution in [3.8, 4) is 0 Å². The van der Waals surface area contributed by atoms with Gasteiger partial charge in [0.15, 0.2) is 0 Å².